The summed E-state index contributed by atoms with van der Waals surface area (Å²) in [4.78, 5) is 18.4. The molecular formula is C26H31FN4O5. The van der Waals surface area contributed by atoms with Crippen LogP contribution in [0.2, 0.25) is 0 Å². The first-order chi connectivity index (χ1) is 17.4. The van der Waals surface area contributed by atoms with Gasteiger partial charge in [0.25, 0.3) is 5.91 Å². The fourth-order valence-corrected chi connectivity index (χ4v) is 3.74. The van der Waals surface area contributed by atoms with Crippen LogP contribution in [0.5, 0.6) is 17.2 Å². The predicted molar refractivity (Wildman–Crippen MR) is 133 cm³/mol. The molecule has 2 aliphatic heterocycles. The third-order valence-electron chi connectivity index (χ3n) is 5.68. The van der Waals surface area contributed by atoms with Crippen molar-refractivity contribution in [2.24, 2.45) is 10.7 Å². The van der Waals surface area contributed by atoms with E-state index in [9.17, 15) is 9.18 Å². The average molecular weight is 499 g/mol. The number of carbonyl (C=O) groups is 1. The number of nitrogens with one attached hydrogen (secondary N) is 1. The van der Waals surface area contributed by atoms with Gasteiger partial charge in [-0.15, -0.1) is 0 Å². The summed E-state index contributed by atoms with van der Waals surface area (Å²) in [5, 5.41) is 2.85. The third kappa shape index (κ3) is 6.32. The molecule has 0 aliphatic carbocycles. The van der Waals surface area contributed by atoms with E-state index in [-0.39, 0.29) is 23.9 Å². The maximum Gasteiger partial charge on any atom is 0.253 e. The van der Waals surface area contributed by atoms with Crippen LogP contribution in [-0.4, -0.2) is 62.8 Å². The van der Waals surface area contributed by atoms with Crippen LogP contribution >= 0.6 is 0 Å². The second-order valence-corrected chi connectivity index (χ2v) is 8.64. The molecule has 2 saturated heterocycles. The molecule has 3 N–H and O–H groups in total. The molecule has 2 unspecified atom stereocenters. The zero-order valence-electron chi connectivity index (χ0n) is 20.6. The summed E-state index contributed by atoms with van der Waals surface area (Å²) < 4.78 is 37.5. The normalized spacial score (nSPS) is 20.1. The van der Waals surface area contributed by atoms with Gasteiger partial charge in [0.05, 0.1) is 6.61 Å². The van der Waals surface area contributed by atoms with Gasteiger partial charge < -0.3 is 34.9 Å². The average Bonchev–Trinajstić information content (AvgIpc) is 3.57. The molecule has 2 aliphatic rings. The van der Waals surface area contributed by atoms with E-state index < -0.39 is 12.0 Å². The molecule has 192 valence electrons. The Kier molecular flexibility index (Phi) is 8.07. The van der Waals surface area contributed by atoms with Gasteiger partial charge in [0, 0.05) is 38.9 Å². The quantitative estimate of drug-likeness (QED) is 0.278. The summed E-state index contributed by atoms with van der Waals surface area (Å²) >= 11 is 0. The second-order valence-electron chi connectivity index (χ2n) is 8.64. The van der Waals surface area contributed by atoms with Gasteiger partial charge in [-0.1, -0.05) is 0 Å². The smallest absolute Gasteiger partial charge is 0.253 e. The van der Waals surface area contributed by atoms with Crippen LogP contribution in [0.1, 0.15) is 35.4 Å². The van der Waals surface area contributed by atoms with Crippen LogP contribution in [0.15, 0.2) is 53.7 Å². The number of ether oxygens (including phenoxy) is 4. The first-order valence-corrected chi connectivity index (χ1v) is 11.8. The Bertz CT molecular complexity index is 1150. The number of likely N-dealkylation sites (tertiary alicyclic amines) is 1. The van der Waals surface area contributed by atoms with E-state index in [2.05, 4.69) is 10.3 Å². The highest BCUT2D eigenvalue weighted by atomic mass is 19.1. The molecule has 4 rings (SSSR count). The lowest BCUT2D eigenvalue weighted by molar-refractivity contribution is 0.0651. The molecule has 3 atom stereocenters. The first-order valence-electron chi connectivity index (χ1n) is 11.8. The molecule has 0 spiro atoms. The number of carbonyl (C=O) groups excluding carboxylic acids is 1. The van der Waals surface area contributed by atoms with Crippen molar-refractivity contribution in [3.05, 3.63) is 65.6 Å². The number of epoxide rings is 1. The lowest BCUT2D eigenvalue weighted by Crippen LogP contribution is -2.42. The van der Waals surface area contributed by atoms with Crippen LogP contribution in [0.4, 0.5) is 4.39 Å². The number of aliphatic imine (C=N–C) groups is 1. The number of amidine groups is 1. The van der Waals surface area contributed by atoms with Crippen molar-refractivity contribution in [1.82, 2.24) is 10.2 Å². The van der Waals surface area contributed by atoms with Crippen molar-refractivity contribution < 1.29 is 28.1 Å². The molecule has 2 fully saturated rings. The number of rotatable bonds is 11. The largest absolute Gasteiger partial charge is 0.488 e. The minimum absolute atomic E-state index is 0.00377. The predicted octanol–water partition coefficient (Wildman–Crippen LogP) is 3.37. The van der Waals surface area contributed by atoms with Crippen LogP contribution in [0, 0.1) is 5.82 Å². The second kappa shape index (κ2) is 11.4. The number of benzene rings is 2. The number of nitrogens with two attached hydrogens (primary N) is 1. The standard InChI is InChI=1S/C26H31FN4O5/c1-16(15-33-3)34-19-11-18(24-25(36-24)30-23(28)7-8-29-2)12-20(14-19)35-22-6-5-17(13-21(22)27)26(32)31-9-4-10-31/h5-8,11-14,16,24-25,29H,4,9-10,15H2,1-3H3,(H2,28,30)/b8-7-/t16-,24?,25?/m0/s1. The van der Waals surface area contributed by atoms with Gasteiger partial charge in [-0.25, -0.2) is 9.38 Å². The topological polar surface area (TPSA) is 111 Å². The maximum absolute atomic E-state index is 14.9. The van der Waals surface area contributed by atoms with Gasteiger partial charge in [0.15, 0.2) is 17.8 Å². The van der Waals surface area contributed by atoms with Crippen molar-refractivity contribution in [2.45, 2.75) is 31.8 Å². The molecule has 2 aromatic rings. The third-order valence-corrected chi connectivity index (χ3v) is 5.68. The molecule has 10 heteroatoms. The van der Waals surface area contributed by atoms with E-state index in [0.29, 0.717) is 42.6 Å². The van der Waals surface area contributed by atoms with Gasteiger partial charge in [-0.3, -0.25) is 4.79 Å². The van der Waals surface area contributed by atoms with Crippen molar-refractivity contribution in [3.8, 4) is 17.2 Å². The number of halogens is 1. The Hall–Kier alpha value is -3.63. The summed E-state index contributed by atoms with van der Waals surface area (Å²) in [5.74, 6) is 0.377. The van der Waals surface area contributed by atoms with Gasteiger partial charge in [0.2, 0.25) is 0 Å². The van der Waals surface area contributed by atoms with Gasteiger partial charge in [-0.2, -0.15) is 0 Å². The maximum atomic E-state index is 14.9. The number of methoxy groups -OCH3 is 1. The lowest BCUT2D eigenvalue weighted by atomic mass is 10.1. The fourth-order valence-electron chi connectivity index (χ4n) is 3.74. The number of hydrogen-bond donors (Lipinski definition) is 2. The molecule has 0 aromatic heterocycles. The van der Waals surface area contributed by atoms with Crippen molar-refractivity contribution in [2.75, 3.05) is 33.9 Å². The zero-order chi connectivity index (χ0) is 25.7. The van der Waals surface area contributed by atoms with Crippen molar-refractivity contribution in [3.63, 3.8) is 0 Å². The molecule has 2 heterocycles. The minimum Gasteiger partial charge on any atom is -0.488 e. The van der Waals surface area contributed by atoms with E-state index >= 15 is 0 Å². The fraction of sp³-hybridized carbons (Fsp3) is 0.385. The minimum atomic E-state index is -0.628. The highest BCUT2D eigenvalue weighted by Crippen LogP contribution is 2.43. The van der Waals surface area contributed by atoms with E-state index in [0.717, 1.165) is 12.0 Å². The Balaban J connectivity index is 1.55. The first kappa shape index (κ1) is 25.5. The Morgan fingerprint density at radius 3 is 2.75 bits per heavy atom. The van der Waals surface area contributed by atoms with Crippen LogP contribution in [0.3, 0.4) is 0 Å². The van der Waals surface area contributed by atoms with E-state index in [1.54, 1.807) is 49.5 Å². The summed E-state index contributed by atoms with van der Waals surface area (Å²) in [6.07, 6.45) is 3.25. The summed E-state index contributed by atoms with van der Waals surface area (Å²) in [7, 11) is 3.36. The highest BCUT2D eigenvalue weighted by molar-refractivity contribution is 5.94. The SMILES string of the molecule is CN/C=C\C(N)=N/C1OC1c1cc(Oc2ccc(C(=O)N3CCC3)cc2F)cc(O[C@@H](C)COC)c1. The van der Waals surface area contributed by atoms with E-state index in [1.807, 2.05) is 13.0 Å². The zero-order valence-corrected chi connectivity index (χ0v) is 20.6. The molecule has 9 nitrogen and oxygen atoms in total. The molecule has 2 aromatic carbocycles. The molecule has 0 bridgehead atoms. The Morgan fingerprint density at radius 2 is 2.08 bits per heavy atom. The molecule has 36 heavy (non-hydrogen) atoms. The van der Waals surface area contributed by atoms with Gasteiger partial charge >= 0.3 is 0 Å². The summed E-state index contributed by atoms with van der Waals surface area (Å²) in [5.41, 5.74) is 6.94. The lowest BCUT2D eigenvalue weighted by Gasteiger charge is -2.30. The van der Waals surface area contributed by atoms with Crippen molar-refractivity contribution >= 4 is 11.7 Å². The Labute approximate surface area is 209 Å². The summed E-state index contributed by atoms with van der Waals surface area (Å²) in [6.45, 7) is 3.66. The Morgan fingerprint density at radius 1 is 1.31 bits per heavy atom. The van der Waals surface area contributed by atoms with Crippen LogP contribution < -0.4 is 20.5 Å². The summed E-state index contributed by atoms with van der Waals surface area (Å²) in [6, 6.07) is 9.46. The molecular weight excluding hydrogens is 467 g/mol. The van der Waals surface area contributed by atoms with Gasteiger partial charge in [0.1, 0.15) is 29.5 Å². The van der Waals surface area contributed by atoms with Crippen molar-refractivity contribution in [1.29, 1.82) is 0 Å². The van der Waals surface area contributed by atoms with Gasteiger partial charge in [-0.05, 0) is 61.5 Å². The monoisotopic (exact) mass is 498 g/mol. The number of amides is 1. The van der Waals surface area contributed by atoms with Crippen LogP contribution in [-0.2, 0) is 9.47 Å². The molecule has 0 radical (unpaired) electrons. The van der Waals surface area contributed by atoms with E-state index in [1.165, 1.54) is 12.1 Å². The van der Waals surface area contributed by atoms with E-state index in [4.69, 9.17) is 24.7 Å². The molecule has 1 amide bonds. The van der Waals surface area contributed by atoms with Crippen LogP contribution in [0.25, 0.3) is 0 Å². The number of hydrogen-bond acceptors (Lipinski definition) is 7. The molecule has 0 saturated carbocycles. The number of nitrogens with zero attached hydrogens (tertiary/aromatic N) is 2. The highest BCUT2D eigenvalue weighted by Gasteiger charge is 2.41.